The molecule has 3 rings (SSSR count). The van der Waals surface area contributed by atoms with Crippen LogP contribution in [0.25, 0.3) is 10.8 Å². The van der Waals surface area contributed by atoms with E-state index in [2.05, 4.69) is 5.32 Å². The van der Waals surface area contributed by atoms with Crippen LogP contribution in [0.5, 0.6) is 0 Å². The van der Waals surface area contributed by atoms with Crippen molar-refractivity contribution in [1.82, 2.24) is 0 Å². The number of nitrogens with two attached hydrogens (primary N) is 1. The average Bonchev–Trinajstić information content (AvgIpc) is 2.54. The summed E-state index contributed by atoms with van der Waals surface area (Å²) in [6.45, 7) is 0. The fourth-order valence-electron chi connectivity index (χ4n) is 2.47. The number of nitrogens with one attached hydrogen (secondary N) is 1. The zero-order valence-corrected chi connectivity index (χ0v) is 13.6. The van der Waals surface area contributed by atoms with Gasteiger partial charge in [0.2, 0.25) is 15.9 Å². The standard InChI is InChI=1S/C18H16N2O3S/c19-24(22,23)17-9-7-16(8-10-17)20-18(21)12-13-5-6-14-3-1-2-4-15(14)11-13/h1-11H,12H2,(H,20,21)(H2,19,22,23). The largest absolute Gasteiger partial charge is 0.326 e. The molecule has 0 spiro atoms. The van der Waals surface area contributed by atoms with Crippen molar-refractivity contribution in [2.45, 2.75) is 11.3 Å². The number of fused-ring (bicyclic) bond motifs is 1. The summed E-state index contributed by atoms with van der Waals surface area (Å²) in [4.78, 5) is 12.2. The van der Waals surface area contributed by atoms with Gasteiger partial charge in [-0.2, -0.15) is 0 Å². The number of anilines is 1. The van der Waals surface area contributed by atoms with E-state index in [1.807, 2.05) is 42.5 Å². The van der Waals surface area contributed by atoms with Gasteiger partial charge >= 0.3 is 0 Å². The molecule has 0 aromatic heterocycles. The Morgan fingerprint density at radius 2 is 1.58 bits per heavy atom. The maximum Gasteiger partial charge on any atom is 0.238 e. The Morgan fingerprint density at radius 3 is 2.25 bits per heavy atom. The van der Waals surface area contributed by atoms with E-state index in [4.69, 9.17) is 5.14 Å². The molecule has 1 amide bonds. The minimum atomic E-state index is -3.73. The van der Waals surface area contributed by atoms with Gasteiger partial charge in [0.1, 0.15) is 0 Å². The van der Waals surface area contributed by atoms with Crippen LogP contribution in [-0.4, -0.2) is 14.3 Å². The minimum absolute atomic E-state index is 0.00929. The molecule has 3 N–H and O–H groups in total. The number of sulfonamides is 1. The van der Waals surface area contributed by atoms with Crippen molar-refractivity contribution in [2.75, 3.05) is 5.32 Å². The molecule has 24 heavy (non-hydrogen) atoms. The molecule has 122 valence electrons. The molecule has 0 fully saturated rings. The molecule has 0 radical (unpaired) electrons. The van der Waals surface area contributed by atoms with Crippen LogP contribution in [0.15, 0.2) is 71.6 Å². The SMILES string of the molecule is NS(=O)(=O)c1ccc(NC(=O)Cc2ccc3ccccc3c2)cc1. The van der Waals surface area contributed by atoms with Gasteiger partial charge in [0.15, 0.2) is 0 Å². The molecule has 0 unspecified atom stereocenters. The third kappa shape index (κ3) is 3.79. The maximum atomic E-state index is 12.1. The number of rotatable bonds is 4. The van der Waals surface area contributed by atoms with Gasteiger partial charge in [-0.3, -0.25) is 4.79 Å². The van der Waals surface area contributed by atoms with E-state index in [0.717, 1.165) is 16.3 Å². The van der Waals surface area contributed by atoms with Crippen molar-refractivity contribution in [3.63, 3.8) is 0 Å². The number of hydrogen-bond donors (Lipinski definition) is 2. The Labute approximate surface area is 140 Å². The zero-order valence-electron chi connectivity index (χ0n) is 12.8. The quantitative estimate of drug-likeness (QED) is 0.765. The lowest BCUT2D eigenvalue weighted by atomic mass is 10.0. The topological polar surface area (TPSA) is 89.3 Å². The molecule has 3 aromatic carbocycles. The number of hydrogen-bond acceptors (Lipinski definition) is 3. The zero-order chi connectivity index (χ0) is 17.2. The summed E-state index contributed by atoms with van der Waals surface area (Å²) in [7, 11) is -3.73. The molecule has 0 aliphatic carbocycles. The summed E-state index contributed by atoms with van der Waals surface area (Å²) < 4.78 is 22.4. The van der Waals surface area contributed by atoms with Gasteiger partial charge in [0.05, 0.1) is 11.3 Å². The molecule has 0 aliphatic rings. The van der Waals surface area contributed by atoms with E-state index in [9.17, 15) is 13.2 Å². The second-order valence-electron chi connectivity index (χ2n) is 5.48. The number of carbonyl (C=O) groups is 1. The third-order valence-electron chi connectivity index (χ3n) is 3.65. The van der Waals surface area contributed by atoms with Crippen molar-refractivity contribution in [3.8, 4) is 0 Å². The van der Waals surface area contributed by atoms with E-state index < -0.39 is 10.0 Å². The Kier molecular flexibility index (Phi) is 4.33. The highest BCUT2D eigenvalue weighted by Gasteiger charge is 2.09. The van der Waals surface area contributed by atoms with Crippen molar-refractivity contribution in [1.29, 1.82) is 0 Å². The molecule has 0 bridgehead atoms. The van der Waals surface area contributed by atoms with Gasteiger partial charge in [0, 0.05) is 5.69 Å². The summed E-state index contributed by atoms with van der Waals surface area (Å²) in [6, 6.07) is 19.6. The van der Waals surface area contributed by atoms with Gasteiger partial charge in [-0.1, -0.05) is 42.5 Å². The smallest absolute Gasteiger partial charge is 0.238 e. The van der Waals surface area contributed by atoms with Crippen LogP contribution >= 0.6 is 0 Å². The predicted molar refractivity (Wildman–Crippen MR) is 94.1 cm³/mol. The second-order valence-corrected chi connectivity index (χ2v) is 7.04. The Bertz CT molecular complexity index is 996. The molecule has 0 saturated heterocycles. The first-order valence-corrected chi connectivity index (χ1v) is 8.87. The lowest BCUT2D eigenvalue weighted by Crippen LogP contribution is -2.15. The van der Waals surface area contributed by atoms with E-state index in [1.54, 1.807) is 0 Å². The van der Waals surface area contributed by atoms with Crippen LogP contribution in [0.1, 0.15) is 5.56 Å². The summed E-state index contributed by atoms with van der Waals surface area (Å²) in [5.74, 6) is -0.173. The lowest BCUT2D eigenvalue weighted by Gasteiger charge is -2.07. The molecule has 0 saturated carbocycles. The molecule has 5 nitrogen and oxygen atoms in total. The van der Waals surface area contributed by atoms with Crippen molar-refractivity contribution in [2.24, 2.45) is 5.14 Å². The van der Waals surface area contributed by atoms with Gasteiger partial charge in [-0.05, 0) is 40.6 Å². The fraction of sp³-hybridized carbons (Fsp3) is 0.0556. The number of primary sulfonamides is 1. The first kappa shape index (κ1) is 16.2. The summed E-state index contributed by atoms with van der Waals surface area (Å²) in [5, 5.41) is 9.99. The Balaban J connectivity index is 1.70. The van der Waals surface area contributed by atoms with Gasteiger partial charge < -0.3 is 5.32 Å². The fourth-order valence-corrected chi connectivity index (χ4v) is 2.98. The summed E-state index contributed by atoms with van der Waals surface area (Å²) >= 11 is 0. The van der Waals surface area contributed by atoms with Gasteiger partial charge in [0.25, 0.3) is 0 Å². The molecular weight excluding hydrogens is 324 g/mol. The molecular formula is C18H16N2O3S. The summed E-state index contributed by atoms with van der Waals surface area (Å²) in [5.41, 5.74) is 1.43. The highest BCUT2D eigenvalue weighted by Crippen LogP contribution is 2.17. The molecule has 0 atom stereocenters. The van der Waals surface area contributed by atoms with Crippen LogP contribution in [0.2, 0.25) is 0 Å². The van der Waals surface area contributed by atoms with Crippen LogP contribution in [-0.2, 0) is 21.2 Å². The first-order valence-electron chi connectivity index (χ1n) is 7.32. The van der Waals surface area contributed by atoms with Gasteiger partial charge in [-0.25, -0.2) is 13.6 Å². The van der Waals surface area contributed by atoms with E-state index >= 15 is 0 Å². The highest BCUT2D eigenvalue weighted by atomic mass is 32.2. The molecule has 0 aliphatic heterocycles. The van der Waals surface area contributed by atoms with Crippen molar-refractivity contribution >= 4 is 32.4 Å². The third-order valence-corrected chi connectivity index (χ3v) is 4.57. The maximum absolute atomic E-state index is 12.1. The number of carbonyl (C=O) groups excluding carboxylic acids is 1. The molecule has 0 heterocycles. The molecule has 6 heteroatoms. The Hall–Kier alpha value is -2.70. The van der Waals surface area contributed by atoms with Crippen molar-refractivity contribution in [3.05, 3.63) is 72.3 Å². The normalized spacial score (nSPS) is 11.4. The second kappa shape index (κ2) is 6.43. The van der Waals surface area contributed by atoms with E-state index in [1.165, 1.54) is 24.3 Å². The number of amides is 1. The highest BCUT2D eigenvalue weighted by molar-refractivity contribution is 7.89. The first-order chi connectivity index (χ1) is 11.4. The van der Waals surface area contributed by atoms with Crippen molar-refractivity contribution < 1.29 is 13.2 Å². The molecule has 3 aromatic rings. The Morgan fingerprint density at radius 1 is 0.917 bits per heavy atom. The van der Waals surface area contributed by atoms with Crippen LogP contribution < -0.4 is 10.5 Å². The monoisotopic (exact) mass is 340 g/mol. The lowest BCUT2D eigenvalue weighted by molar-refractivity contribution is -0.115. The van der Waals surface area contributed by atoms with Crippen LogP contribution in [0.4, 0.5) is 5.69 Å². The average molecular weight is 340 g/mol. The van der Waals surface area contributed by atoms with Crippen LogP contribution in [0, 0.1) is 0 Å². The summed E-state index contributed by atoms with van der Waals surface area (Å²) in [6.07, 6.45) is 0.238. The van der Waals surface area contributed by atoms with Crippen LogP contribution in [0.3, 0.4) is 0 Å². The van der Waals surface area contributed by atoms with E-state index in [0.29, 0.717) is 5.69 Å². The predicted octanol–water partition coefficient (Wildman–Crippen LogP) is 2.67. The number of benzene rings is 3. The van der Waals surface area contributed by atoms with E-state index in [-0.39, 0.29) is 17.2 Å². The van der Waals surface area contributed by atoms with Gasteiger partial charge in [-0.15, -0.1) is 0 Å². The minimum Gasteiger partial charge on any atom is -0.326 e.